The van der Waals surface area contributed by atoms with Gasteiger partial charge in [-0.25, -0.2) is 0 Å². The maximum Gasteiger partial charge on any atom is 0.252 e. The van der Waals surface area contributed by atoms with Gasteiger partial charge in [-0.2, -0.15) is 0 Å². The number of benzene rings is 7. The molecule has 0 fully saturated rings. The van der Waals surface area contributed by atoms with Gasteiger partial charge in [0.15, 0.2) is 0 Å². The highest BCUT2D eigenvalue weighted by Gasteiger charge is 2.60. The number of nitrogens with zero attached hydrogens (tertiary/aromatic N) is 3. The molecule has 3 heterocycles. The summed E-state index contributed by atoms with van der Waals surface area (Å²) in [7, 11) is 0. The molecule has 0 aromatic heterocycles. The van der Waals surface area contributed by atoms with Crippen LogP contribution in [0.4, 0.5) is 45.5 Å². The van der Waals surface area contributed by atoms with Crippen molar-refractivity contribution in [3.8, 4) is 0 Å². The van der Waals surface area contributed by atoms with Gasteiger partial charge in [0, 0.05) is 50.9 Å². The third-order valence-corrected chi connectivity index (χ3v) is 16.7. The zero-order valence-corrected chi connectivity index (χ0v) is 43.2. The molecule has 3 aliphatic heterocycles. The highest BCUT2D eigenvalue weighted by molar-refractivity contribution is 7.00. The molecule has 1 aliphatic carbocycles. The highest BCUT2D eigenvalue weighted by Crippen LogP contribution is 2.64. The number of anilines is 8. The largest absolute Gasteiger partial charge is 0.330 e. The van der Waals surface area contributed by atoms with Crippen molar-refractivity contribution in [2.24, 2.45) is 0 Å². The van der Waals surface area contributed by atoms with Crippen LogP contribution in [0.15, 0.2) is 146 Å². The van der Waals surface area contributed by atoms with Crippen LogP contribution in [0.5, 0.6) is 0 Å². The smallest absolute Gasteiger partial charge is 0.252 e. The van der Waals surface area contributed by atoms with Crippen LogP contribution in [0, 0.1) is 0 Å². The third-order valence-electron chi connectivity index (χ3n) is 16.7. The van der Waals surface area contributed by atoms with Gasteiger partial charge >= 0.3 is 0 Å². The molecule has 11 rings (SSSR count). The fourth-order valence-corrected chi connectivity index (χ4v) is 12.5. The van der Waals surface area contributed by atoms with Crippen LogP contribution in [0.25, 0.3) is 0 Å². The third kappa shape index (κ3) is 6.52. The van der Waals surface area contributed by atoms with Crippen LogP contribution in [0.2, 0.25) is 0 Å². The molecule has 3 nitrogen and oxygen atoms in total. The molecule has 344 valence electrons. The first-order valence-corrected chi connectivity index (χ1v) is 25.3. The first-order valence-electron chi connectivity index (χ1n) is 25.3. The van der Waals surface area contributed by atoms with E-state index >= 15 is 0 Å². The number of rotatable bonds is 3. The lowest BCUT2D eigenvalue weighted by molar-refractivity contribution is 0.245. The predicted octanol–water partition coefficient (Wildman–Crippen LogP) is 15.2. The molecule has 68 heavy (non-hydrogen) atoms. The Bertz CT molecular complexity index is 3170. The summed E-state index contributed by atoms with van der Waals surface area (Å²) in [4.78, 5) is 7.98. The fraction of sp³-hybridized carbons (Fsp3) is 0.344. The Kier molecular flexibility index (Phi) is 9.66. The van der Waals surface area contributed by atoms with E-state index in [1.165, 1.54) is 101 Å². The van der Waals surface area contributed by atoms with E-state index < -0.39 is 0 Å². The highest BCUT2D eigenvalue weighted by atomic mass is 15.3. The van der Waals surface area contributed by atoms with Gasteiger partial charge in [-0.1, -0.05) is 175 Å². The Morgan fingerprint density at radius 3 is 1.57 bits per heavy atom. The lowest BCUT2D eigenvalue weighted by Crippen LogP contribution is -2.61. The van der Waals surface area contributed by atoms with Crippen molar-refractivity contribution in [1.82, 2.24) is 0 Å². The van der Waals surface area contributed by atoms with E-state index in [9.17, 15) is 0 Å². The average molecular weight is 892 g/mol. The van der Waals surface area contributed by atoms with Gasteiger partial charge in [0.2, 0.25) is 0 Å². The number of hydrogen-bond acceptors (Lipinski definition) is 3. The van der Waals surface area contributed by atoms with Crippen LogP contribution < -0.4 is 31.1 Å². The molecule has 2 atom stereocenters. The molecule has 0 radical (unpaired) electrons. The molecule has 4 heteroatoms. The average Bonchev–Trinajstić information content (AvgIpc) is 3.50. The molecular formula is C64H70BN3. The second-order valence-corrected chi connectivity index (χ2v) is 25.1. The summed E-state index contributed by atoms with van der Waals surface area (Å²) in [6.07, 6.45) is 2.18. The van der Waals surface area contributed by atoms with Gasteiger partial charge in [0.1, 0.15) is 0 Å². The van der Waals surface area contributed by atoms with Crippen molar-refractivity contribution < 1.29 is 0 Å². The first-order chi connectivity index (χ1) is 32.0. The quantitative estimate of drug-likeness (QED) is 0.164. The van der Waals surface area contributed by atoms with E-state index in [4.69, 9.17) is 0 Å². The topological polar surface area (TPSA) is 9.72 Å². The predicted molar refractivity (Wildman–Crippen MR) is 293 cm³/mol. The van der Waals surface area contributed by atoms with Gasteiger partial charge in [-0.15, -0.1) is 0 Å². The Labute approximate surface area is 408 Å². The Balaban J connectivity index is 1.23. The van der Waals surface area contributed by atoms with Gasteiger partial charge in [-0.3, -0.25) is 0 Å². The number of aryl methyl sites for hydroxylation is 1. The summed E-state index contributed by atoms with van der Waals surface area (Å²) in [5.74, 6) is 0. The van der Waals surface area contributed by atoms with Crippen molar-refractivity contribution in [3.63, 3.8) is 0 Å². The van der Waals surface area contributed by atoms with Crippen LogP contribution in [0.3, 0.4) is 0 Å². The normalized spacial score (nSPS) is 19.5. The minimum atomic E-state index is -0.305. The van der Waals surface area contributed by atoms with Crippen LogP contribution in [0.1, 0.15) is 142 Å². The van der Waals surface area contributed by atoms with Crippen molar-refractivity contribution >= 4 is 68.6 Å². The summed E-state index contributed by atoms with van der Waals surface area (Å²) < 4.78 is 0. The number of fused-ring (bicyclic) bond motifs is 9. The molecule has 7 aromatic carbocycles. The standard InChI is InChI=1S/C64H70BN3/c1-59(2,3)42-26-29-46(30-27-42)66-55-40-48(68-53-25-18-17-24-50(53)63(13)35-34-41-20-15-16-23-49(41)64(63,68)14)31-33-52(55)65-51-32-28-44(61(7,8)9)37-54(51)67(47-22-19-21-43(36-47)60(4,5)6)57-39-45(62(10,11)12)38-56(66)58(57)65/h15-33,36-40H,34-35H2,1-14H3. The zero-order valence-electron chi connectivity index (χ0n) is 43.2. The Morgan fingerprint density at radius 2 is 0.926 bits per heavy atom. The zero-order chi connectivity index (χ0) is 48.1. The fourth-order valence-electron chi connectivity index (χ4n) is 12.5. The summed E-state index contributed by atoms with van der Waals surface area (Å²) >= 11 is 0. The minimum Gasteiger partial charge on any atom is -0.330 e. The van der Waals surface area contributed by atoms with Crippen molar-refractivity contribution in [1.29, 1.82) is 0 Å². The summed E-state index contributed by atoms with van der Waals surface area (Å²) in [5.41, 5.74) is 23.2. The molecule has 0 bridgehead atoms. The first kappa shape index (κ1) is 44.5. The van der Waals surface area contributed by atoms with E-state index in [1.54, 1.807) is 0 Å². The van der Waals surface area contributed by atoms with E-state index in [0.29, 0.717) is 0 Å². The van der Waals surface area contributed by atoms with Gasteiger partial charge in [-0.05, 0) is 157 Å². The second-order valence-electron chi connectivity index (χ2n) is 25.1. The van der Waals surface area contributed by atoms with Gasteiger partial charge in [0.25, 0.3) is 6.71 Å². The molecule has 7 aromatic rings. The SMILES string of the molecule is CC(C)(C)c1ccc(N2c3cc(N4c5ccccc5C5(C)CCc6ccccc6C45C)ccc3B3c4ccc(C(C)(C)C)cc4N(c4cccc(C(C)(C)C)c4)c4cc(C(C)(C)C)cc2c43)cc1. The van der Waals surface area contributed by atoms with Gasteiger partial charge < -0.3 is 14.7 Å². The molecular weight excluding hydrogens is 822 g/mol. The lowest BCUT2D eigenvalue weighted by atomic mass is 9.33. The number of para-hydroxylation sites is 1. The van der Waals surface area contributed by atoms with Crippen molar-refractivity contribution in [2.75, 3.05) is 14.7 Å². The molecule has 0 saturated heterocycles. The lowest BCUT2D eigenvalue weighted by Gasteiger charge is -2.51. The second kappa shape index (κ2) is 14.8. The van der Waals surface area contributed by atoms with Crippen molar-refractivity contribution in [2.45, 2.75) is 142 Å². The molecule has 0 spiro atoms. The molecule has 0 N–H and O–H groups in total. The maximum atomic E-state index is 2.72. The van der Waals surface area contributed by atoms with E-state index in [0.717, 1.165) is 12.8 Å². The Morgan fingerprint density at radius 1 is 0.412 bits per heavy atom. The molecule has 0 saturated carbocycles. The van der Waals surface area contributed by atoms with Crippen LogP contribution in [-0.4, -0.2) is 6.71 Å². The van der Waals surface area contributed by atoms with Crippen LogP contribution in [-0.2, 0) is 39.0 Å². The minimum absolute atomic E-state index is 0.00612. The Hall–Kier alpha value is -6.00. The van der Waals surface area contributed by atoms with E-state index in [-0.39, 0.29) is 39.3 Å². The maximum absolute atomic E-state index is 2.72. The van der Waals surface area contributed by atoms with E-state index in [1.807, 2.05) is 0 Å². The van der Waals surface area contributed by atoms with E-state index in [2.05, 4.69) is 257 Å². The van der Waals surface area contributed by atoms with Crippen LogP contribution >= 0.6 is 0 Å². The summed E-state index contributed by atoms with van der Waals surface area (Å²) in [6.45, 7) is 33.2. The number of hydrogen-bond donors (Lipinski definition) is 0. The summed E-state index contributed by atoms with van der Waals surface area (Å²) in [5, 5.41) is 0. The molecule has 0 amide bonds. The van der Waals surface area contributed by atoms with Crippen molar-refractivity contribution in [3.05, 3.63) is 185 Å². The molecule has 4 aliphatic rings. The summed E-state index contributed by atoms with van der Waals surface area (Å²) in [6, 6.07) is 57.3. The monoisotopic (exact) mass is 892 g/mol. The van der Waals surface area contributed by atoms with Gasteiger partial charge in [0.05, 0.1) is 5.54 Å². The molecule has 2 unspecified atom stereocenters.